The number of aromatic nitrogens is 3. The summed E-state index contributed by atoms with van der Waals surface area (Å²) < 4.78 is 2.02. The van der Waals surface area contributed by atoms with Gasteiger partial charge in [0.05, 0.1) is 11.4 Å². The van der Waals surface area contributed by atoms with E-state index in [0.29, 0.717) is 38.0 Å². The maximum absolute atomic E-state index is 12.9. The lowest BCUT2D eigenvalue weighted by atomic mass is 9.96. The van der Waals surface area contributed by atoms with E-state index in [0.717, 1.165) is 35.1 Å². The zero-order valence-electron chi connectivity index (χ0n) is 19.8. The van der Waals surface area contributed by atoms with Crippen molar-refractivity contribution in [1.29, 1.82) is 0 Å². The Morgan fingerprint density at radius 3 is 2.42 bits per heavy atom. The molecule has 1 N–H and O–H groups in total. The number of carbonyl (C=O) groups excluding carboxylic acids is 2. The minimum absolute atomic E-state index is 0.0143. The minimum Gasteiger partial charge on any atom is -0.338 e. The number of aryl methyl sites for hydroxylation is 3. The van der Waals surface area contributed by atoms with Crippen molar-refractivity contribution in [3.63, 3.8) is 0 Å². The highest BCUT2D eigenvalue weighted by Gasteiger charge is 2.26. The van der Waals surface area contributed by atoms with Gasteiger partial charge in [0.1, 0.15) is 5.82 Å². The molecule has 4 rings (SSSR count). The van der Waals surface area contributed by atoms with E-state index >= 15 is 0 Å². The number of amides is 3. The molecule has 3 amide bonds. The lowest BCUT2D eigenvalue weighted by molar-refractivity contribution is -0.129. The van der Waals surface area contributed by atoms with Gasteiger partial charge in [0, 0.05) is 32.2 Å². The van der Waals surface area contributed by atoms with Crippen molar-refractivity contribution < 1.29 is 9.59 Å². The summed E-state index contributed by atoms with van der Waals surface area (Å²) in [5.74, 6) is 1.17. The van der Waals surface area contributed by atoms with Crippen molar-refractivity contribution >= 4 is 23.7 Å². The lowest BCUT2D eigenvalue weighted by Gasteiger charge is -2.36. The molecule has 0 bridgehead atoms. The molecular formula is C24H34N6O2S. The molecule has 178 valence electrons. The third-order valence-electron chi connectivity index (χ3n) is 6.58. The summed E-state index contributed by atoms with van der Waals surface area (Å²) in [6.45, 7) is 8.35. The molecule has 1 aromatic heterocycles. The summed E-state index contributed by atoms with van der Waals surface area (Å²) in [5, 5.41) is 12.5. The summed E-state index contributed by atoms with van der Waals surface area (Å²) in [5.41, 5.74) is 3.35. The van der Waals surface area contributed by atoms with E-state index in [1.54, 1.807) is 0 Å². The zero-order chi connectivity index (χ0) is 23.4. The number of carbonyl (C=O) groups is 2. The highest BCUT2D eigenvalue weighted by atomic mass is 32.2. The molecule has 2 aromatic rings. The predicted molar refractivity (Wildman–Crippen MR) is 130 cm³/mol. The maximum atomic E-state index is 12.9. The van der Waals surface area contributed by atoms with Crippen LogP contribution in [0.2, 0.25) is 0 Å². The summed E-state index contributed by atoms with van der Waals surface area (Å²) >= 11 is 1.41. The molecule has 8 nitrogen and oxygen atoms in total. The lowest BCUT2D eigenvalue weighted by Crippen LogP contribution is -2.55. The second-order valence-electron chi connectivity index (χ2n) is 9.10. The van der Waals surface area contributed by atoms with Crippen LogP contribution in [0.25, 0.3) is 5.69 Å². The van der Waals surface area contributed by atoms with Crippen LogP contribution in [0.1, 0.15) is 49.1 Å². The van der Waals surface area contributed by atoms with Crippen molar-refractivity contribution in [2.75, 3.05) is 31.9 Å². The van der Waals surface area contributed by atoms with Gasteiger partial charge in [-0.2, -0.15) is 0 Å². The minimum atomic E-state index is 0.0143. The van der Waals surface area contributed by atoms with Crippen LogP contribution in [0.15, 0.2) is 23.4 Å². The van der Waals surface area contributed by atoms with E-state index in [1.807, 2.05) is 21.3 Å². The molecule has 0 radical (unpaired) electrons. The number of benzene rings is 1. The van der Waals surface area contributed by atoms with E-state index in [4.69, 9.17) is 0 Å². The fourth-order valence-corrected chi connectivity index (χ4v) is 5.46. The number of urea groups is 1. The molecule has 1 saturated carbocycles. The van der Waals surface area contributed by atoms with Gasteiger partial charge in [-0.3, -0.25) is 9.36 Å². The summed E-state index contributed by atoms with van der Waals surface area (Å²) in [6.07, 6.45) is 5.82. The molecule has 0 spiro atoms. The average molecular weight is 471 g/mol. The van der Waals surface area contributed by atoms with Gasteiger partial charge in [-0.25, -0.2) is 4.79 Å². The monoisotopic (exact) mass is 470 g/mol. The molecule has 0 atom stereocenters. The molecular weight excluding hydrogens is 436 g/mol. The highest BCUT2D eigenvalue weighted by molar-refractivity contribution is 7.99. The number of piperazine rings is 1. The first kappa shape index (κ1) is 23.6. The van der Waals surface area contributed by atoms with E-state index in [2.05, 4.69) is 47.6 Å². The zero-order valence-corrected chi connectivity index (χ0v) is 20.7. The van der Waals surface area contributed by atoms with Gasteiger partial charge in [-0.05, 0) is 50.8 Å². The molecule has 0 unspecified atom stereocenters. The second-order valence-corrected chi connectivity index (χ2v) is 10.0. The summed E-state index contributed by atoms with van der Waals surface area (Å²) in [4.78, 5) is 29.1. The Morgan fingerprint density at radius 1 is 1.00 bits per heavy atom. The number of thioether (sulfide) groups is 1. The van der Waals surface area contributed by atoms with Crippen molar-refractivity contribution in [2.24, 2.45) is 0 Å². The first-order valence-electron chi connectivity index (χ1n) is 11.9. The number of nitrogens with one attached hydrogen (secondary N) is 1. The van der Waals surface area contributed by atoms with Crippen LogP contribution in [0.5, 0.6) is 0 Å². The number of rotatable bonds is 5. The van der Waals surface area contributed by atoms with Gasteiger partial charge in [0.25, 0.3) is 0 Å². The predicted octanol–water partition coefficient (Wildman–Crippen LogP) is 3.47. The molecule has 1 aliphatic heterocycles. The van der Waals surface area contributed by atoms with Gasteiger partial charge in [-0.1, -0.05) is 43.2 Å². The van der Waals surface area contributed by atoms with Crippen LogP contribution in [0.4, 0.5) is 4.79 Å². The van der Waals surface area contributed by atoms with Crippen LogP contribution >= 0.6 is 11.8 Å². The summed E-state index contributed by atoms with van der Waals surface area (Å²) in [6, 6.07) is 6.62. The van der Waals surface area contributed by atoms with Crippen LogP contribution in [-0.2, 0) is 4.79 Å². The van der Waals surface area contributed by atoms with E-state index in [-0.39, 0.29) is 11.9 Å². The molecule has 2 fully saturated rings. The number of hydrogen-bond donors (Lipinski definition) is 1. The highest BCUT2D eigenvalue weighted by Crippen LogP contribution is 2.25. The van der Waals surface area contributed by atoms with Gasteiger partial charge in [-0.15, -0.1) is 10.2 Å². The van der Waals surface area contributed by atoms with Crippen molar-refractivity contribution in [1.82, 2.24) is 29.9 Å². The Labute approximate surface area is 200 Å². The van der Waals surface area contributed by atoms with Crippen molar-refractivity contribution in [3.05, 3.63) is 35.2 Å². The van der Waals surface area contributed by atoms with E-state index < -0.39 is 0 Å². The Balaban J connectivity index is 1.30. The molecule has 9 heteroatoms. The Kier molecular flexibility index (Phi) is 7.57. The molecule has 33 heavy (non-hydrogen) atoms. The van der Waals surface area contributed by atoms with Crippen molar-refractivity contribution in [2.45, 2.75) is 64.1 Å². The Morgan fingerprint density at radius 2 is 1.70 bits per heavy atom. The van der Waals surface area contributed by atoms with E-state index in [9.17, 15) is 9.59 Å². The first-order valence-corrected chi connectivity index (χ1v) is 12.9. The molecule has 2 aliphatic rings. The van der Waals surface area contributed by atoms with Gasteiger partial charge < -0.3 is 15.1 Å². The molecule has 1 aromatic carbocycles. The topological polar surface area (TPSA) is 83.4 Å². The molecule has 2 heterocycles. The second kappa shape index (κ2) is 10.6. The average Bonchev–Trinajstić information content (AvgIpc) is 3.19. The van der Waals surface area contributed by atoms with Crippen LogP contribution in [0.3, 0.4) is 0 Å². The quantitative estimate of drug-likeness (QED) is 0.677. The normalized spacial score (nSPS) is 17.3. The van der Waals surface area contributed by atoms with Crippen LogP contribution in [-0.4, -0.2) is 74.5 Å². The first-order chi connectivity index (χ1) is 15.9. The van der Waals surface area contributed by atoms with Crippen LogP contribution in [0, 0.1) is 20.8 Å². The Bertz CT molecular complexity index is 993. The van der Waals surface area contributed by atoms with Crippen molar-refractivity contribution in [3.8, 4) is 5.69 Å². The van der Waals surface area contributed by atoms with Gasteiger partial charge >= 0.3 is 6.03 Å². The molecule has 1 saturated heterocycles. The summed E-state index contributed by atoms with van der Waals surface area (Å²) in [7, 11) is 0. The maximum Gasteiger partial charge on any atom is 0.317 e. The number of hydrogen-bond acceptors (Lipinski definition) is 5. The standard InChI is InChI=1S/C24H34N6O2S/c1-17-9-10-18(2)21(15-17)30-19(3)26-27-24(30)33-16-22(31)28-11-13-29(14-12-28)23(32)25-20-7-5-4-6-8-20/h9-10,15,20H,4-8,11-14,16H2,1-3H3,(H,25,32). The van der Waals surface area contributed by atoms with Crippen LogP contribution < -0.4 is 5.32 Å². The largest absolute Gasteiger partial charge is 0.338 e. The third kappa shape index (κ3) is 5.69. The number of nitrogens with zero attached hydrogens (tertiary/aromatic N) is 5. The Hall–Kier alpha value is -2.55. The fourth-order valence-electron chi connectivity index (χ4n) is 4.56. The third-order valence-corrected chi connectivity index (χ3v) is 7.49. The van der Waals surface area contributed by atoms with Gasteiger partial charge in [0.2, 0.25) is 5.91 Å². The van der Waals surface area contributed by atoms with Gasteiger partial charge in [0.15, 0.2) is 5.16 Å². The molecule has 1 aliphatic carbocycles. The smallest absolute Gasteiger partial charge is 0.317 e. The SMILES string of the molecule is Cc1ccc(C)c(-n2c(C)nnc2SCC(=O)N2CCN(C(=O)NC3CCCCC3)CC2)c1. The van der Waals surface area contributed by atoms with E-state index in [1.165, 1.54) is 36.6 Å². The fraction of sp³-hybridized carbons (Fsp3) is 0.583.